The number of furan rings is 1. The lowest BCUT2D eigenvalue weighted by Gasteiger charge is -2.13. The molecule has 1 aromatic heterocycles. The Hall–Kier alpha value is -1.41. The van der Waals surface area contributed by atoms with Gasteiger partial charge in [0.2, 0.25) is 0 Å². The van der Waals surface area contributed by atoms with Crippen LogP contribution in [0.5, 0.6) is 0 Å². The van der Waals surface area contributed by atoms with Gasteiger partial charge in [-0.2, -0.15) is 0 Å². The normalized spacial score (nSPS) is 12.4. The molecule has 0 aliphatic heterocycles. The fourth-order valence-electron chi connectivity index (χ4n) is 1.42. The van der Waals surface area contributed by atoms with E-state index in [4.69, 9.17) is 16.0 Å². The lowest BCUT2D eigenvalue weighted by molar-refractivity contribution is 0.490. The maximum absolute atomic E-state index is 6.04. The minimum atomic E-state index is 0.111. The molecule has 0 spiro atoms. The highest BCUT2D eigenvalue weighted by atomic mass is 35.5. The van der Waals surface area contributed by atoms with Crippen LogP contribution in [-0.2, 0) is 0 Å². The van der Waals surface area contributed by atoms with E-state index in [0.29, 0.717) is 0 Å². The van der Waals surface area contributed by atoms with Crippen molar-refractivity contribution in [3.05, 3.63) is 53.4 Å². The summed E-state index contributed by atoms with van der Waals surface area (Å²) in [7, 11) is 0. The first kappa shape index (κ1) is 10.1. The standard InChI is InChI=1S/C12H12ClNO/c1-9(12-7-4-8-15-12)14-11-6-3-2-5-10(11)13/h2-9,14H,1H3/t9-/m0/s1. The number of hydrogen-bond donors (Lipinski definition) is 1. The highest BCUT2D eigenvalue weighted by Crippen LogP contribution is 2.25. The maximum atomic E-state index is 6.04. The van der Waals surface area contributed by atoms with E-state index < -0.39 is 0 Å². The topological polar surface area (TPSA) is 25.2 Å². The van der Waals surface area contributed by atoms with Crippen LogP contribution < -0.4 is 5.32 Å². The van der Waals surface area contributed by atoms with Crippen molar-refractivity contribution in [1.29, 1.82) is 0 Å². The summed E-state index contributed by atoms with van der Waals surface area (Å²) in [5, 5.41) is 4.01. The molecule has 0 amide bonds. The van der Waals surface area contributed by atoms with Crippen molar-refractivity contribution < 1.29 is 4.42 Å². The van der Waals surface area contributed by atoms with Gasteiger partial charge in [-0.05, 0) is 31.2 Å². The van der Waals surface area contributed by atoms with E-state index in [2.05, 4.69) is 5.32 Å². The zero-order chi connectivity index (χ0) is 10.7. The third-order valence-corrected chi connectivity index (χ3v) is 2.55. The van der Waals surface area contributed by atoms with Gasteiger partial charge in [0.25, 0.3) is 0 Å². The molecule has 0 saturated carbocycles. The molecule has 78 valence electrons. The van der Waals surface area contributed by atoms with Crippen molar-refractivity contribution in [1.82, 2.24) is 0 Å². The molecule has 0 aliphatic carbocycles. The predicted molar refractivity (Wildman–Crippen MR) is 62.2 cm³/mol. The maximum Gasteiger partial charge on any atom is 0.125 e. The van der Waals surface area contributed by atoms with Crippen LogP contribution >= 0.6 is 11.6 Å². The lowest BCUT2D eigenvalue weighted by atomic mass is 10.2. The molecule has 1 aromatic carbocycles. The van der Waals surface area contributed by atoms with Gasteiger partial charge in [-0.1, -0.05) is 23.7 Å². The Morgan fingerprint density at radius 3 is 2.67 bits per heavy atom. The zero-order valence-electron chi connectivity index (χ0n) is 8.41. The van der Waals surface area contributed by atoms with Gasteiger partial charge >= 0.3 is 0 Å². The van der Waals surface area contributed by atoms with Crippen molar-refractivity contribution in [3.8, 4) is 0 Å². The Balaban J connectivity index is 2.13. The number of nitrogens with one attached hydrogen (secondary N) is 1. The van der Waals surface area contributed by atoms with E-state index in [1.54, 1.807) is 6.26 Å². The average Bonchev–Trinajstić information content (AvgIpc) is 2.74. The van der Waals surface area contributed by atoms with Crippen LogP contribution in [0.3, 0.4) is 0 Å². The number of halogens is 1. The second kappa shape index (κ2) is 4.41. The van der Waals surface area contributed by atoms with Crippen molar-refractivity contribution in [2.45, 2.75) is 13.0 Å². The summed E-state index contributed by atoms with van der Waals surface area (Å²) < 4.78 is 5.30. The molecular weight excluding hydrogens is 210 g/mol. The summed E-state index contributed by atoms with van der Waals surface area (Å²) in [6.45, 7) is 2.03. The van der Waals surface area contributed by atoms with Gasteiger partial charge in [0.1, 0.15) is 5.76 Å². The quantitative estimate of drug-likeness (QED) is 0.844. The summed E-state index contributed by atoms with van der Waals surface area (Å²) in [6.07, 6.45) is 1.67. The molecule has 0 bridgehead atoms. The first-order valence-electron chi connectivity index (χ1n) is 4.82. The second-order valence-electron chi connectivity index (χ2n) is 3.36. The monoisotopic (exact) mass is 221 g/mol. The largest absolute Gasteiger partial charge is 0.467 e. The molecule has 0 aliphatic rings. The van der Waals surface area contributed by atoms with Gasteiger partial charge in [-0.15, -0.1) is 0 Å². The van der Waals surface area contributed by atoms with Gasteiger partial charge in [0.05, 0.1) is 23.0 Å². The molecule has 2 rings (SSSR count). The number of rotatable bonds is 3. The van der Waals surface area contributed by atoms with Crippen LogP contribution in [0.15, 0.2) is 47.1 Å². The Kier molecular flexibility index (Phi) is 2.97. The van der Waals surface area contributed by atoms with Crippen LogP contribution in [0.25, 0.3) is 0 Å². The number of hydrogen-bond acceptors (Lipinski definition) is 2. The fourth-order valence-corrected chi connectivity index (χ4v) is 1.61. The summed E-state index contributed by atoms with van der Waals surface area (Å²) >= 11 is 6.04. The molecule has 2 nitrogen and oxygen atoms in total. The first-order valence-corrected chi connectivity index (χ1v) is 5.19. The Morgan fingerprint density at radius 1 is 1.20 bits per heavy atom. The summed E-state index contributed by atoms with van der Waals surface area (Å²) in [5.41, 5.74) is 0.920. The van der Waals surface area contributed by atoms with Crippen molar-refractivity contribution in [2.75, 3.05) is 5.32 Å². The Labute approximate surface area is 93.9 Å². The van der Waals surface area contributed by atoms with Crippen LogP contribution in [0, 0.1) is 0 Å². The van der Waals surface area contributed by atoms with Crippen molar-refractivity contribution in [3.63, 3.8) is 0 Å². The van der Waals surface area contributed by atoms with E-state index in [1.165, 1.54) is 0 Å². The highest BCUT2D eigenvalue weighted by Gasteiger charge is 2.08. The summed E-state index contributed by atoms with van der Waals surface area (Å²) in [6, 6.07) is 11.6. The summed E-state index contributed by atoms with van der Waals surface area (Å²) in [5.74, 6) is 0.898. The number of anilines is 1. The molecule has 1 N–H and O–H groups in total. The number of benzene rings is 1. The van der Waals surface area contributed by atoms with Crippen LogP contribution in [-0.4, -0.2) is 0 Å². The third kappa shape index (κ3) is 2.34. The molecule has 3 heteroatoms. The van der Waals surface area contributed by atoms with E-state index in [0.717, 1.165) is 16.5 Å². The van der Waals surface area contributed by atoms with E-state index in [1.807, 2.05) is 43.3 Å². The zero-order valence-corrected chi connectivity index (χ0v) is 9.16. The third-order valence-electron chi connectivity index (χ3n) is 2.22. The van der Waals surface area contributed by atoms with Gasteiger partial charge in [-0.3, -0.25) is 0 Å². The van der Waals surface area contributed by atoms with Crippen molar-refractivity contribution >= 4 is 17.3 Å². The second-order valence-corrected chi connectivity index (χ2v) is 3.77. The van der Waals surface area contributed by atoms with Gasteiger partial charge in [-0.25, -0.2) is 0 Å². The van der Waals surface area contributed by atoms with E-state index in [-0.39, 0.29) is 6.04 Å². The molecule has 15 heavy (non-hydrogen) atoms. The smallest absolute Gasteiger partial charge is 0.125 e. The average molecular weight is 222 g/mol. The highest BCUT2D eigenvalue weighted by molar-refractivity contribution is 6.33. The molecule has 0 fully saturated rings. The van der Waals surface area contributed by atoms with E-state index in [9.17, 15) is 0 Å². The molecule has 0 radical (unpaired) electrons. The van der Waals surface area contributed by atoms with Gasteiger partial charge in [0, 0.05) is 0 Å². The Bertz CT molecular complexity index is 425. The summed E-state index contributed by atoms with van der Waals surface area (Å²) in [4.78, 5) is 0. The molecule has 2 aromatic rings. The van der Waals surface area contributed by atoms with Crippen LogP contribution in [0.1, 0.15) is 18.7 Å². The van der Waals surface area contributed by atoms with Gasteiger partial charge in [0.15, 0.2) is 0 Å². The molecule has 0 unspecified atom stereocenters. The lowest BCUT2D eigenvalue weighted by Crippen LogP contribution is -2.05. The SMILES string of the molecule is C[C@H](Nc1ccccc1Cl)c1ccco1. The van der Waals surface area contributed by atoms with Crippen LogP contribution in [0.2, 0.25) is 5.02 Å². The minimum Gasteiger partial charge on any atom is -0.467 e. The van der Waals surface area contributed by atoms with Gasteiger partial charge < -0.3 is 9.73 Å². The molecular formula is C12H12ClNO. The minimum absolute atomic E-state index is 0.111. The predicted octanol–water partition coefficient (Wildman–Crippen LogP) is 4.11. The first-order chi connectivity index (χ1) is 7.27. The molecule has 1 atom stereocenters. The van der Waals surface area contributed by atoms with E-state index >= 15 is 0 Å². The molecule has 0 saturated heterocycles. The van der Waals surface area contributed by atoms with Crippen LogP contribution in [0.4, 0.5) is 5.69 Å². The Morgan fingerprint density at radius 2 is 2.00 bits per heavy atom. The fraction of sp³-hybridized carbons (Fsp3) is 0.167. The molecule has 1 heterocycles. The van der Waals surface area contributed by atoms with Crippen molar-refractivity contribution in [2.24, 2.45) is 0 Å². The number of para-hydroxylation sites is 1.